The molecular weight excluding hydrogens is 373 g/mol. The van der Waals surface area contributed by atoms with E-state index in [1.54, 1.807) is 31.9 Å². The Morgan fingerprint density at radius 3 is 2.69 bits per heavy atom. The van der Waals surface area contributed by atoms with Gasteiger partial charge in [0.15, 0.2) is 5.82 Å². The average molecular weight is 393 g/mol. The molecule has 2 aromatic carbocycles. The van der Waals surface area contributed by atoms with Gasteiger partial charge in [-0.15, -0.1) is 0 Å². The fourth-order valence-corrected chi connectivity index (χ4v) is 3.44. The number of anilines is 1. The molecule has 29 heavy (non-hydrogen) atoms. The first-order valence-corrected chi connectivity index (χ1v) is 9.20. The lowest BCUT2D eigenvalue weighted by molar-refractivity contribution is -0.117. The molecule has 7 heteroatoms. The van der Waals surface area contributed by atoms with Crippen molar-refractivity contribution < 1.29 is 18.4 Å². The first-order valence-electron chi connectivity index (χ1n) is 9.20. The molecule has 1 aromatic heterocycles. The first kappa shape index (κ1) is 18.9. The molecule has 1 aliphatic heterocycles. The number of para-hydroxylation sites is 1. The van der Waals surface area contributed by atoms with Gasteiger partial charge in [-0.2, -0.15) is 4.98 Å². The number of rotatable bonds is 4. The minimum atomic E-state index is -0.296. The highest BCUT2D eigenvalue weighted by molar-refractivity contribution is 6.08. The zero-order chi connectivity index (χ0) is 20.5. The Balaban J connectivity index is 1.81. The molecule has 148 valence electrons. The Bertz CT molecular complexity index is 1120. The molecular formula is C22H20FN3O3. The van der Waals surface area contributed by atoms with Crippen LogP contribution in [0.15, 0.2) is 47.0 Å². The van der Waals surface area contributed by atoms with E-state index in [1.807, 2.05) is 30.3 Å². The van der Waals surface area contributed by atoms with Crippen LogP contribution in [0.2, 0.25) is 0 Å². The van der Waals surface area contributed by atoms with Gasteiger partial charge in [-0.1, -0.05) is 29.4 Å². The van der Waals surface area contributed by atoms with Crippen LogP contribution in [-0.2, 0) is 16.1 Å². The van der Waals surface area contributed by atoms with E-state index in [0.717, 1.165) is 5.56 Å². The van der Waals surface area contributed by atoms with Crippen molar-refractivity contribution in [1.29, 1.82) is 0 Å². The normalized spacial score (nSPS) is 14.1. The molecule has 0 saturated heterocycles. The third-order valence-corrected chi connectivity index (χ3v) is 4.91. The minimum absolute atomic E-state index is 0.0217. The largest absolute Gasteiger partial charge is 0.496 e. The van der Waals surface area contributed by atoms with Gasteiger partial charge < -0.3 is 14.2 Å². The molecule has 6 nitrogen and oxygen atoms in total. The molecule has 0 bridgehead atoms. The molecule has 1 aliphatic rings. The number of hydrogen-bond acceptors (Lipinski definition) is 5. The zero-order valence-corrected chi connectivity index (χ0v) is 16.4. The first-order chi connectivity index (χ1) is 14.0. The number of fused-ring (bicyclic) bond motifs is 1. The number of hydrogen-bond donors (Lipinski definition) is 0. The smallest absolute Gasteiger partial charge is 0.258 e. The lowest BCUT2D eigenvalue weighted by Crippen LogP contribution is -2.30. The van der Waals surface area contributed by atoms with Gasteiger partial charge in [0, 0.05) is 5.56 Å². The van der Waals surface area contributed by atoms with Crippen LogP contribution in [0.5, 0.6) is 0 Å². The molecule has 1 amide bonds. The summed E-state index contributed by atoms with van der Waals surface area (Å²) in [5, 5.41) is 3.83. The number of amides is 1. The van der Waals surface area contributed by atoms with E-state index in [2.05, 4.69) is 10.1 Å². The van der Waals surface area contributed by atoms with Crippen LogP contribution in [0.4, 0.5) is 10.1 Å². The molecule has 0 aliphatic carbocycles. The highest BCUT2D eigenvalue weighted by Crippen LogP contribution is 2.39. The predicted molar refractivity (Wildman–Crippen MR) is 106 cm³/mol. The number of halogens is 1. The quantitative estimate of drug-likeness (QED) is 0.662. The fraction of sp³-hybridized carbons (Fsp3) is 0.227. The number of nitrogens with zero attached hydrogens (tertiary/aromatic N) is 3. The summed E-state index contributed by atoms with van der Waals surface area (Å²) in [6.45, 7) is 3.66. The average Bonchev–Trinajstić information content (AvgIpc) is 3.10. The van der Waals surface area contributed by atoms with Gasteiger partial charge in [-0.3, -0.25) is 4.79 Å². The second-order valence-electron chi connectivity index (χ2n) is 6.92. The zero-order valence-electron chi connectivity index (χ0n) is 16.4. The van der Waals surface area contributed by atoms with Crippen LogP contribution in [0, 0.1) is 19.7 Å². The summed E-state index contributed by atoms with van der Waals surface area (Å²) in [6.07, 6.45) is 0.0217. The Labute approximate surface area is 167 Å². The van der Waals surface area contributed by atoms with Crippen molar-refractivity contribution in [3.63, 3.8) is 0 Å². The van der Waals surface area contributed by atoms with Crippen LogP contribution in [0.3, 0.4) is 0 Å². The van der Waals surface area contributed by atoms with Crippen molar-refractivity contribution >= 4 is 22.9 Å². The maximum atomic E-state index is 14.0. The molecule has 0 unspecified atom stereocenters. The van der Waals surface area contributed by atoms with Crippen molar-refractivity contribution in [2.24, 2.45) is 0 Å². The molecule has 0 N–H and O–H groups in total. The van der Waals surface area contributed by atoms with E-state index in [0.29, 0.717) is 34.0 Å². The fourth-order valence-electron chi connectivity index (χ4n) is 3.44. The number of carbonyl (C=O) groups is 1. The number of ether oxygens (including phenoxy) is 1. The Kier molecular flexibility index (Phi) is 4.88. The van der Waals surface area contributed by atoms with Gasteiger partial charge in [0.1, 0.15) is 11.6 Å². The van der Waals surface area contributed by atoms with E-state index in [1.165, 1.54) is 6.07 Å². The number of aromatic nitrogens is 2. The standard InChI is InChI=1S/C22H20FN3O3/c1-13-8-9-15(10-18(13)23)12-26-19-7-5-4-6-16(19)21(28-3)17(11-20(26)27)22-24-14(2)25-29-22/h4-10H,11-12H2,1-3H3. The monoisotopic (exact) mass is 393 g/mol. The van der Waals surface area contributed by atoms with Gasteiger partial charge >= 0.3 is 0 Å². The molecule has 0 spiro atoms. The summed E-state index contributed by atoms with van der Waals surface area (Å²) in [5.74, 6) is 0.771. The van der Waals surface area contributed by atoms with Crippen molar-refractivity contribution in [3.8, 4) is 0 Å². The highest BCUT2D eigenvalue weighted by Gasteiger charge is 2.31. The summed E-state index contributed by atoms with van der Waals surface area (Å²) >= 11 is 0. The second kappa shape index (κ2) is 7.50. The number of benzene rings is 2. The predicted octanol–water partition coefficient (Wildman–Crippen LogP) is 4.28. The Hall–Kier alpha value is -3.48. The van der Waals surface area contributed by atoms with Crippen LogP contribution in [0.25, 0.3) is 11.3 Å². The lowest BCUT2D eigenvalue weighted by Gasteiger charge is -2.23. The lowest BCUT2D eigenvalue weighted by atomic mass is 10.1. The molecule has 2 heterocycles. The van der Waals surface area contributed by atoms with Crippen LogP contribution < -0.4 is 4.90 Å². The highest BCUT2D eigenvalue weighted by atomic mass is 19.1. The summed E-state index contributed by atoms with van der Waals surface area (Å²) in [7, 11) is 1.55. The van der Waals surface area contributed by atoms with Crippen molar-refractivity contribution in [2.45, 2.75) is 26.8 Å². The molecule has 3 aromatic rings. The van der Waals surface area contributed by atoms with Gasteiger partial charge in [0.2, 0.25) is 5.91 Å². The van der Waals surface area contributed by atoms with Gasteiger partial charge in [0.25, 0.3) is 5.89 Å². The Morgan fingerprint density at radius 2 is 2.00 bits per heavy atom. The van der Waals surface area contributed by atoms with Crippen LogP contribution in [0.1, 0.15) is 34.8 Å². The van der Waals surface area contributed by atoms with Gasteiger partial charge in [-0.05, 0) is 43.2 Å². The van der Waals surface area contributed by atoms with E-state index < -0.39 is 0 Å². The third-order valence-electron chi connectivity index (χ3n) is 4.91. The third kappa shape index (κ3) is 3.51. The van der Waals surface area contributed by atoms with E-state index in [4.69, 9.17) is 9.26 Å². The van der Waals surface area contributed by atoms with Crippen LogP contribution >= 0.6 is 0 Å². The summed E-state index contributed by atoms with van der Waals surface area (Å²) in [4.78, 5) is 19.1. The Morgan fingerprint density at radius 1 is 1.21 bits per heavy atom. The summed E-state index contributed by atoms with van der Waals surface area (Å²) < 4.78 is 25.0. The van der Waals surface area contributed by atoms with Crippen molar-refractivity contribution in [3.05, 3.63) is 76.7 Å². The topological polar surface area (TPSA) is 68.5 Å². The number of carbonyl (C=O) groups excluding carboxylic acids is 1. The van der Waals surface area contributed by atoms with Gasteiger partial charge in [0.05, 0.1) is 31.3 Å². The van der Waals surface area contributed by atoms with E-state index >= 15 is 0 Å². The number of methoxy groups -OCH3 is 1. The summed E-state index contributed by atoms with van der Waals surface area (Å²) in [5.41, 5.74) is 3.21. The van der Waals surface area contributed by atoms with Gasteiger partial charge in [-0.25, -0.2) is 4.39 Å². The maximum absolute atomic E-state index is 14.0. The minimum Gasteiger partial charge on any atom is -0.496 e. The van der Waals surface area contributed by atoms with Crippen molar-refractivity contribution in [1.82, 2.24) is 10.1 Å². The van der Waals surface area contributed by atoms with E-state index in [-0.39, 0.29) is 30.6 Å². The SMILES string of the molecule is COC1=C(c2nc(C)no2)CC(=O)N(Cc2ccc(C)c(F)c2)c2ccccc21. The number of aryl methyl sites for hydroxylation is 2. The second-order valence-corrected chi connectivity index (χ2v) is 6.92. The molecule has 0 atom stereocenters. The van der Waals surface area contributed by atoms with Crippen molar-refractivity contribution in [2.75, 3.05) is 12.0 Å². The molecule has 4 rings (SSSR count). The molecule has 0 saturated carbocycles. The maximum Gasteiger partial charge on any atom is 0.258 e. The molecule has 0 radical (unpaired) electrons. The molecule has 0 fully saturated rings. The summed E-state index contributed by atoms with van der Waals surface area (Å²) in [6, 6.07) is 12.4. The van der Waals surface area contributed by atoms with Crippen LogP contribution in [-0.4, -0.2) is 23.2 Å². The van der Waals surface area contributed by atoms with E-state index in [9.17, 15) is 9.18 Å².